The fraction of sp³-hybridized carbons (Fsp3) is 0. The lowest BCUT2D eigenvalue weighted by atomic mass is 10.2. The molecule has 0 aromatic heterocycles. The van der Waals surface area contributed by atoms with Crippen molar-refractivity contribution in [3.63, 3.8) is 0 Å². The van der Waals surface area contributed by atoms with E-state index in [0.29, 0.717) is 9.14 Å². The molecule has 19 heavy (non-hydrogen) atoms. The normalized spacial score (nSPS) is 12.4. The van der Waals surface area contributed by atoms with Gasteiger partial charge in [0.05, 0.1) is 4.90 Å². The fourth-order valence-corrected chi connectivity index (χ4v) is 3.94. The highest BCUT2D eigenvalue weighted by atomic mass is 127. The van der Waals surface area contributed by atoms with Crippen molar-refractivity contribution < 1.29 is 12.8 Å². The molecule has 2 aromatic carbocycles. The van der Waals surface area contributed by atoms with Crippen molar-refractivity contribution in [2.45, 2.75) is 4.90 Å². The van der Waals surface area contributed by atoms with Crippen LogP contribution in [0.25, 0.3) is 3.58 Å². The molecule has 98 valence electrons. The Kier molecular flexibility index (Phi) is 4.36. The van der Waals surface area contributed by atoms with Crippen LogP contribution in [0.5, 0.6) is 0 Å². The molecule has 0 saturated carbocycles. The molecule has 2 nitrogen and oxygen atoms in total. The molecule has 2 rings (SSSR count). The van der Waals surface area contributed by atoms with Crippen molar-refractivity contribution in [3.05, 3.63) is 71.4 Å². The second-order valence-electron chi connectivity index (χ2n) is 3.83. The summed E-state index contributed by atoms with van der Waals surface area (Å²) in [6, 6.07) is 13.9. The molecule has 0 aliphatic carbocycles. The first kappa shape index (κ1) is 14.2. The lowest BCUT2D eigenvalue weighted by molar-refractivity contribution is 0.605. The zero-order valence-electron chi connectivity index (χ0n) is 9.75. The molecule has 2 aromatic rings. The predicted octanol–water partition coefficient (Wildman–Crippen LogP) is 4.03. The van der Waals surface area contributed by atoms with Gasteiger partial charge in [0.15, 0.2) is 0 Å². The Labute approximate surface area is 125 Å². The van der Waals surface area contributed by atoms with Crippen LogP contribution in [-0.2, 0) is 9.84 Å². The summed E-state index contributed by atoms with van der Waals surface area (Å²) in [7, 11) is -3.48. The van der Waals surface area contributed by atoms with Gasteiger partial charge in [-0.05, 0) is 52.4 Å². The van der Waals surface area contributed by atoms with E-state index in [4.69, 9.17) is 0 Å². The molecule has 0 aliphatic rings. The Morgan fingerprint density at radius 2 is 1.58 bits per heavy atom. The van der Waals surface area contributed by atoms with Crippen molar-refractivity contribution in [2.75, 3.05) is 0 Å². The number of sulfone groups is 1. The van der Waals surface area contributed by atoms with E-state index in [1.165, 1.54) is 17.5 Å². The lowest BCUT2D eigenvalue weighted by Gasteiger charge is -2.02. The highest BCUT2D eigenvalue weighted by molar-refractivity contribution is 14.1. The summed E-state index contributed by atoms with van der Waals surface area (Å²) in [4.78, 5) is 0.242. The van der Waals surface area contributed by atoms with E-state index in [9.17, 15) is 12.8 Å². The minimum absolute atomic E-state index is 0.242. The Morgan fingerprint density at radius 3 is 2.16 bits per heavy atom. The number of hydrogen-bond donors (Lipinski definition) is 0. The van der Waals surface area contributed by atoms with Crippen LogP contribution in [0.2, 0.25) is 0 Å². The molecule has 0 atom stereocenters. The molecule has 0 fully saturated rings. The van der Waals surface area contributed by atoms with Gasteiger partial charge in [-0.1, -0.05) is 30.3 Å². The smallest absolute Gasteiger partial charge is 0.200 e. The Bertz CT molecular complexity index is 692. The van der Waals surface area contributed by atoms with Crippen molar-refractivity contribution in [1.29, 1.82) is 0 Å². The SMILES string of the molecule is O=S(=O)(/C=C(/I)c1ccc(F)cc1)c1ccccc1. The summed E-state index contributed by atoms with van der Waals surface area (Å²) in [5, 5.41) is 1.19. The van der Waals surface area contributed by atoms with Crippen LogP contribution in [-0.4, -0.2) is 8.42 Å². The average molecular weight is 388 g/mol. The highest BCUT2D eigenvalue weighted by Crippen LogP contribution is 2.25. The Morgan fingerprint density at radius 1 is 1.00 bits per heavy atom. The van der Waals surface area contributed by atoms with Gasteiger partial charge in [-0.15, -0.1) is 0 Å². The summed E-state index contributed by atoms with van der Waals surface area (Å²) in [6.45, 7) is 0. The van der Waals surface area contributed by atoms with Gasteiger partial charge < -0.3 is 0 Å². The van der Waals surface area contributed by atoms with E-state index in [2.05, 4.69) is 0 Å². The molecule has 0 amide bonds. The van der Waals surface area contributed by atoms with Gasteiger partial charge in [-0.25, -0.2) is 12.8 Å². The van der Waals surface area contributed by atoms with E-state index in [1.54, 1.807) is 42.5 Å². The summed E-state index contributed by atoms with van der Waals surface area (Å²) < 4.78 is 37.6. The third kappa shape index (κ3) is 3.63. The molecule has 0 spiro atoms. The average Bonchev–Trinajstić information content (AvgIpc) is 2.40. The molecule has 5 heteroatoms. The number of halogens is 2. The molecule has 0 saturated heterocycles. The Balaban J connectivity index is 2.38. The van der Waals surface area contributed by atoms with Gasteiger partial charge in [-0.3, -0.25) is 0 Å². The largest absolute Gasteiger partial charge is 0.219 e. The maximum Gasteiger partial charge on any atom is 0.200 e. The maximum absolute atomic E-state index is 12.8. The van der Waals surface area contributed by atoms with Crippen LogP contribution in [0.15, 0.2) is 64.9 Å². The predicted molar refractivity (Wildman–Crippen MR) is 82.0 cm³/mol. The first-order valence-corrected chi connectivity index (χ1v) is 8.05. The highest BCUT2D eigenvalue weighted by Gasteiger charge is 2.12. The molecule has 0 N–H and O–H groups in total. The van der Waals surface area contributed by atoms with Gasteiger partial charge in [0.25, 0.3) is 0 Å². The monoisotopic (exact) mass is 388 g/mol. The third-order valence-electron chi connectivity index (χ3n) is 2.45. The summed E-state index contributed by atoms with van der Waals surface area (Å²) in [5.41, 5.74) is 0.668. The maximum atomic E-state index is 12.8. The zero-order valence-corrected chi connectivity index (χ0v) is 12.7. The van der Waals surface area contributed by atoms with Gasteiger partial charge >= 0.3 is 0 Å². The molecule has 0 radical (unpaired) electrons. The van der Waals surface area contributed by atoms with Crippen LogP contribution in [0, 0.1) is 5.82 Å². The fourth-order valence-electron chi connectivity index (χ4n) is 1.49. The first-order chi connectivity index (χ1) is 8.99. The van der Waals surface area contributed by atoms with Crippen LogP contribution in [0.3, 0.4) is 0 Å². The van der Waals surface area contributed by atoms with Gasteiger partial charge in [0.1, 0.15) is 5.82 Å². The van der Waals surface area contributed by atoms with E-state index < -0.39 is 9.84 Å². The van der Waals surface area contributed by atoms with E-state index in [-0.39, 0.29) is 10.7 Å². The lowest BCUT2D eigenvalue weighted by Crippen LogP contribution is -1.96. The second kappa shape index (κ2) is 5.83. The van der Waals surface area contributed by atoms with Crippen LogP contribution in [0.4, 0.5) is 4.39 Å². The summed E-state index contributed by atoms with van der Waals surface area (Å²) >= 11 is 1.93. The molecule has 0 unspecified atom stereocenters. The van der Waals surface area contributed by atoms with Crippen LogP contribution >= 0.6 is 22.6 Å². The number of hydrogen-bond acceptors (Lipinski definition) is 2. The minimum atomic E-state index is -3.48. The minimum Gasteiger partial charge on any atom is -0.219 e. The Hall–Kier alpha value is -1.21. The van der Waals surface area contributed by atoms with Crippen LogP contribution in [0.1, 0.15) is 5.56 Å². The quantitative estimate of drug-likeness (QED) is 0.745. The first-order valence-electron chi connectivity index (χ1n) is 5.42. The van der Waals surface area contributed by atoms with Crippen LogP contribution < -0.4 is 0 Å². The van der Waals surface area contributed by atoms with Crippen molar-refractivity contribution in [2.24, 2.45) is 0 Å². The number of rotatable bonds is 3. The number of benzene rings is 2. The van der Waals surface area contributed by atoms with Crippen molar-refractivity contribution in [1.82, 2.24) is 0 Å². The zero-order chi connectivity index (χ0) is 13.9. The molecular weight excluding hydrogens is 378 g/mol. The van der Waals surface area contributed by atoms with Gasteiger partial charge in [-0.2, -0.15) is 0 Å². The van der Waals surface area contributed by atoms with Crippen molar-refractivity contribution in [3.8, 4) is 0 Å². The summed E-state index contributed by atoms with van der Waals surface area (Å²) in [6.07, 6.45) is 0. The molecular formula is C14H10FIO2S. The molecule has 0 heterocycles. The van der Waals surface area contributed by atoms with Gasteiger partial charge in [0, 0.05) is 8.99 Å². The topological polar surface area (TPSA) is 34.1 Å². The standard InChI is InChI=1S/C14H10FIO2S/c15-12-8-6-11(7-9-12)14(16)10-19(17,18)13-4-2-1-3-5-13/h1-10H/b14-10+. The van der Waals surface area contributed by atoms with Crippen molar-refractivity contribution >= 4 is 36.0 Å². The van der Waals surface area contributed by atoms with E-state index in [1.807, 2.05) is 22.6 Å². The van der Waals surface area contributed by atoms with E-state index in [0.717, 1.165) is 0 Å². The van der Waals surface area contributed by atoms with E-state index >= 15 is 0 Å². The third-order valence-corrected chi connectivity index (χ3v) is 5.28. The second-order valence-corrected chi connectivity index (χ2v) is 6.79. The van der Waals surface area contributed by atoms with Gasteiger partial charge in [0.2, 0.25) is 9.84 Å². The molecule has 0 bridgehead atoms. The summed E-state index contributed by atoms with van der Waals surface area (Å²) in [5.74, 6) is -0.348. The molecule has 0 aliphatic heterocycles.